The molecule has 0 spiro atoms. The number of benzene rings is 1. The predicted octanol–water partition coefficient (Wildman–Crippen LogP) is 2.29. The van der Waals surface area contributed by atoms with Gasteiger partial charge in [0.1, 0.15) is 0 Å². The van der Waals surface area contributed by atoms with E-state index in [1.165, 1.54) is 4.70 Å². The van der Waals surface area contributed by atoms with Crippen molar-refractivity contribution >= 4 is 21.6 Å². The van der Waals surface area contributed by atoms with Gasteiger partial charge >= 0.3 is 22.4 Å². The normalized spacial score (nSPS) is 9.20. The minimum absolute atomic E-state index is 0. The zero-order chi connectivity index (χ0) is 6.10. The van der Waals surface area contributed by atoms with Crippen LogP contribution >= 0.6 is 11.3 Å². The van der Waals surface area contributed by atoms with Crippen molar-refractivity contribution < 1.29 is 22.4 Å². The van der Waals surface area contributed by atoms with Crippen LogP contribution in [0.2, 0.25) is 0 Å². The quantitative estimate of drug-likeness (QED) is 0.647. The van der Waals surface area contributed by atoms with Crippen LogP contribution in [0.4, 0.5) is 0 Å². The van der Waals surface area contributed by atoms with Crippen LogP contribution in [0.5, 0.6) is 0 Å². The topological polar surface area (TPSA) is 12.9 Å². The Hall–Kier alpha value is -0.150. The number of aromatic nitrogens is 1. The van der Waals surface area contributed by atoms with Gasteiger partial charge in [0.05, 0.1) is 15.7 Å². The van der Waals surface area contributed by atoms with Crippen molar-refractivity contribution in [2.75, 3.05) is 0 Å². The van der Waals surface area contributed by atoms with Crippen LogP contribution in [-0.2, 0) is 22.4 Å². The summed E-state index contributed by atoms with van der Waals surface area (Å²) < 4.78 is 1.26. The average Bonchev–Trinajstić information content (AvgIpc) is 2.33. The molecule has 0 aliphatic carbocycles. The number of thiazole rings is 1. The first-order valence-corrected chi connectivity index (χ1v) is 3.63. The van der Waals surface area contributed by atoms with Crippen molar-refractivity contribution in [3.63, 3.8) is 0 Å². The third-order valence-corrected chi connectivity index (χ3v) is 2.05. The Morgan fingerprint density at radius 1 is 1.20 bits per heavy atom. The molecule has 0 unspecified atom stereocenters. The molecule has 0 aliphatic heterocycles. The van der Waals surface area contributed by atoms with E-state index >= 15 is 0 Å². The predicted molar refractivity (Wildman–Crippen MR) is 39.6 cm³/mol. The largest absolute Gasteiger partial charge is 1.00 e. The fourth-order valence-electron chi connectivity index (χ4n) is 0.803. The minimum atomic E-state index is 0. The van der Waals surface area contributed by atoms with E-state index in [0.29, 0.717) is 0 Å². The summed E-state index contributed by atoms with van der Waals surface area (Å²) in [5.74, 6) is 0. The molecule has 0 amide bonds. The average molecular weight is 243 g/mol. The van der Waals surface area contributed by atoms with Crippen LogP contribution in [0.1, 0.15) is 0 Å². The Labute approximate surface area is 78.6 Å². The van der Waals surface area contributed by atoms with Gasteiger partial charge < -0.3 is 0 Å². The number of hydrogen-bond acceptors (Lipinski definition) is 2. The van der Waals surface area contributed by atoms with E-state index in [9.17, 15) is 0 Å². The van der Waals surface area contributed by atoms with Gasteiger partial charge in [0.25, 0.3) is 0 Å². The summed E-state index contributed by atoms with van der Waals surface area (Å²) >= 11 is 1.68. The molecular formula is C7H5AgNS+. The molecule has 0 saturated carbocycles. The molecule has 0 radical (unpaired) electrons. The van der Waals surface area contributed by atoms with E-state index in [2.05, 4.69) is 11.1 Å². The molecule has 0 saturated heterocycles. The van der Waals surface area contributed by atoms with E-state index in [1.807, 2.05) is 23.7 Å². The zero-order valence-corrected chi connectivity index (χ0v) is 7.34. The van der Waals surface area contributed by atoms with Crippen LogP contribution < -0.4 is 0 Å². The summed E-state index contributed by atoms with van der Waals surface area (Å²) in [4.78, 5) is 4.14. The SMILES string of the molecule is [Ag+].c1ccc2scnc2c1. The van der Waals surface area contributed by atoms with E-state index in [-0.39, 0.29) is 22.4 Å². The number of rotatable bonds is 0. The van der Waals surface area contributed by atoms with Crippen molar-refractivity contribution in [2.24, 2.45) is 0 Å². The van der Waals surface area contributed by atoms with Gasteiger partial charge in [-0.15, -0.1) is 11.3 Å². The van der Waals surface area contributed by atoms with E-state index in [1.54, 1.807) is 11.3 Å². The fourth-order valence-corrected chi connectivity index (χ4v) is 1.48. The molecule has 1 heterocycles. The van der Waals surface area contributed by atoms with Crippen LogP contribution in [0.15, 0.2) is 29.8 Å². The second-order valence-electron chi connectivity index (χ2n) is 1.82. The van der Waals surface area contributed by atoms with Gasteiger partial charge in [0.15, 0.2) is 0 Å². The Bertz CT molecular complexity index is 288. The van der Waals surface area contributed by atoms with Crippen LogP contribution in [0.3, 0.4) is 0 Å². The molecule has 1 nitrogen and oxygen atoms in total. The van der Waals surface area contributed by atoms with Crippen molar-refractivity contribution in [1.82, 2.24) is 4.98 Å². The van der Waals surface area contributed by atoms with Crippen molar-refractivity contribution in [2.45, 2.75) is 0 Å². The maximum Gasteiger partial charge on any atom is 1.00 e. The molecule has 1 aromatic heterocycles. The molecular weight excluding hydrogens is 238 g/mol. The summed E-state index contributed by atoms with van der Waals surface area (Å²) in [6.45, 7) is 0. The molecule has 2 aromatic rings. The summed E-state index contributed by atoms with van der Waals surface area (Å²) in [6.07, 6.45) is 0. The van der Waals surface area contributed by atoms with E-state index in [0.717, 1.165) is 5.52 Å². The van der Waals surface area contributed by atoms with Crippen LogP contribution in [0, 0.1) is 0 Å². The third-order valence-electron chi connectivity index (χ3n) is 1.24. The van der Waals surface area contributed by atoms with Crippen molar-refractivity contribution in [1.29, 1.82) is 0 Å². The number of para-hydroxylation sites is 1. The number of hydrogen-bond donors (Lipinski definition) is 0. The molecule has 0 aliphatic rings. The third kappa shape index (κ3) is 1.30. The Morgan fingerprint density at radius 2 is 2.00 bits per heavy atom. The van der Waals surface area contributed by atoms with Gasteiger partial charge in [-0.05, 0) is 12.1 Å². The minimum Gasteiger partial charge on any atom is -0.245 e. The summed E-state index contributed by atoms with van der Waals surface area (Å²) in [5.41, 5.74) is 2.97. The van der Waals surface area contributed by atoms with Crippen LogP contribution in [-0.4, -0.2) is 4.98 Å². The summed E-state index contributed by atoms with van der Waals surface area (Å²) in [5, 5.41) is 0. The monoisotopic (exact) mass is 242 g/mol. The van der Waals surface area contributed by atoms with Crippen molar-refractivity contribution in [3.8, 4) is 0 Å². The summed E-state index contributed by atoms with van der Waals surface area (Å²) in [7, 11) is 0. The molecule has 2 rings (SSSR count). The van der Waals surface area contributed by atoms with Crippen LogP contribution in [0.25, 0.3) is 10.2 Å². The first-order valence-electron chi connectivity index (χ1n) is 2.75. The molecule has 3 heteroatoms. The molecule has 0 atom stereocenters. The smallest absolute Gasteiger partial charge is 0.245 e. The zero-order valence-electron chi connectivity index (χ0n) is 5.04. The van der Waals surface area contributed by atoms with Gasteiger partial charge in [0.2, 0.25) is 0 Å². The van der Waals surface area contributed by atoms with Gasteiger partial charge in [-0.3, -0.25) is 0 Å². The Kier molecular flexibility index (Phi) is 2.63. The van der Waals surface area contributed by atoms with Gasteiger partial charge in [-0.25, -0.2) is 4.98 Å². The van der Waals surface area contributed by atoms with Gasteiger partial charge in [-0.2, -0.15) is 0 Å². The molecule has 10 heavy (non-hydrogen) atoms. The standard InChI is InChI=1S/C7H5NS.Ag/c1-2-4-7-6(3-1)8-5-9-7;/h1-5H;/q;+1. The Balaban J connectivity index is 0.000000500. The van der Waals surface area contributed by atoms with E-state index < -0.39 is 0 Å². The molecule has 0 fully saturated rings. The second kappa shape index (κ2) is 3.30. The number of nitrogens with zero attached hydrogens (tertiary/aromatic N) is 1. The van der Waals surface area contributed by atoms with Gasteiger partial charge in [-0.1, -0.05) is 12.1 Å². The summed E-state index contributed by atoms with van der Waals surface area (Å²) in [6, 6.07) is 8.13. The molecule has 54 valence electrons. The molecule has 0 N–H and O–H groups in total. The fraction of sp³-hybridized carbons (Fsp3) is 0. The van der Waals surface area contributed by atoms with Crippen molar-refractivity contribution in [3.05, 3.63) is 29.8 Å². The first kappa shape index (κ1) is 7.95. The number of fused-ring (bicyclic) bond motifs is 1. The first-order chi connectivity index (χ1) is 4.47. The molecule has 1 aromatic carbocycles. The molecule has 0 bridgehead atoms. The maximum atomic E-state index is 4.14. The second-order valence-corrected chi connectivity index (χ2v) is 2.71. The Morgan fingerprint density at radius 3 is 2.80 bits per heavy atom. The maximum absolute atomic E-state index is 4.14. The van der Waals surface area contributed by atoms with E-state index in [4.69, 9.17) is 0 Å². The van der Waals surface area contributed by atoms with Gasteiger partial charge in [0, 0.05) is 0 Å².